The van der Waals surface area contributed by atoms with Crippen LogP contribution in [0.4, 0.5) is 8.78 Å². The van der Waals surface area contributed by atoms with Gasteiger partial charge in [0.1, 0.15) is 0 Å². The first kappa shape index (κ1) is 23.6. The fourth-order valence-electron chi connectivity index (χ4n) is 5.43. The number of rotatable bonds is 12. The van der Waals surface area contributed by atoms with E-state index in [9.17, 15) is 13.6 Å². The zero-order valence-corrected chi connectivity index (χ0v) is 18.0. The summed E-state index contributed by atoms with van der Waals surface area (Å²) >= 11 is 0. The Morgan fingerprint density at radius 1 is 0.821 bits per heavy atom. The van der Waals surface area contributed by atoms with Gasteiger partial charge in [0.25, 0.3) is 6.43 Å². The van der Waals surface area contributed by atoms with Gasteiger partial charge < -0.3 is 4.74 Å². The number of ether oxygens (including phenoxy) is 1. The van der Waals surface area contributed by atoms with Gasteiger partial charge in [0.2, 0.25) is 0 Å². The van der Waals surface area contributed by atoms with Crippen LogP contribution in [0, 0.1) is 23.7 Å². The summed E-state index contributed by atoms with van der Waals surface area (Å²) in [7, 11) is 0. The summed E-state index contributed by atoms with van der Waals surface area (Å²) < 4.78 is 29.1. The number of unbranched alkanes of at least 4 members (excludes halogenated alkanes) is 6. The van der Waals surface area contributed by atoms with Gasteiger partial charge in [0.15, 0.2) is 6.61 Å². The summed E-state index contributed by atoms with van der Waals surface area (Å²) in [5.74, 6) is 1.94. The number of hydrogen-bond donors (Lipinski definition) is 0. The topological polar surface area (TPSA) is 26.3 Å². The third-order valence-electron chi connectivity index (χ3n) is 7.23. The molecule has 0 amide bonds. The predicted octanol–water partition coefficient (Wildman–Crippen LogP) is 7.55. The zero-order chi connectivity index (χ0) is 20.2. The number of halogens is 2. The first-order valence-corrected chi connectivity index (χ1v) is 12.0. The molecule has 0 aromatic rings. The Bertz CT molecular complexity index is 411. The summed E-state index contributed by atoms with van der Waals surface area (Å²) in [6, 6.07) is 0. The molecule has 0 aromatic heterocycles. The van der Waals surface area contributed by atoms with Crippen LogP contribution in [0.2, 0.25) is 0 Å². The highest BCUT2D eigenvalue weighted by Crippen LogP contribution is 2.42. The van der Waals surface area contributed by atoms with Crippen LogP contribution in [0.5, 0.6) is 0 Å². The first-order chi connectivity index (χ1) is 13.6. The maximum Gasteiger partial charge on any atom is 0.309 e. The van der Waals surface area contributed by atoms with Gasteiger partial charge in [0, 0.05) is 0 Å². The molecule has 0 bridgehead atoms. The van der Waals surface area contributed by atoms with Crippen molar-refractivity contribution in [1.82, 2.24) is 0 Å². The van der Waals surface area contributed by atoms with E-state index in [0.29, 0.717) is 0 Å². The first-order valence-electron chi connectivity index (χ1n) is 12.0. The van der Waals surface area contributed by atoms with E-state index in [1.165, 1.54) is 77.0 Å². The van der Waals surface area contributed by atoms with Gasteiger partial charge in [-0.1, -0.05) is 71.1 Å². The van der Waals surface area contributed by atoms with Crippen molar-refractivity contribution in [2.75, 3.05) is 6.61 Å². The van der Waals surface area contributed by atoms with E-state index in [2.05, 4.69) is 6.92 Å². The average Bonchev–Trinajstić information content (AvgIpc) is 2.72. The number of esters is 1. The Hall–Kier alpha value is -0.670. The number of carbonyl (C=O) groups excluding carboxylic acids is 1. The van der Waals surface area contributed by atoms with Crippen LogP contribution >= 0.6 is 0 Å². The second kappa shape index (κ2) is 13.5. The molecular weight excluding hydrogens is 358 g/mol. The molecule has 0 aromatic carbocycles. The molecule has 2 nitrogen and oxygen atoms in total. The fraction of sp³-hybridized carbons (Fsp3) is 0.958. The Balaban J connectivity index is 1.53. The van der Waals surface area contributed by atoms with E-state index < -0.39 is 19.0 Å². The van der Waals surface area contributed by atoms with E-state index >= 15 is 0 Å². The van der Waals surface area contributed by atoms with Gasteiger partial charge >= 0.3 is 5.97 Å². The monoisotopic (exact) mass is 400 g/mol. The van der Waals surface area contributed by atoms with Crippen LogP contribution in [-0.2, 0) is 9.53 Å². The standard InChI is InChI=1S/C24H42F2O2/c1-2-3-4-5-6-7-8-9-19-10-12-20(13-11-19)21-14-16-22(17-15-21)24(27)28-18-23(25)26/h19-23H,2-18H2,1H3. The van der Waals surface area contributed by atoms with E-state index in [-0.39, 0.29) is 5.92 Å². The largest absolute Gasteiger partial charge is 0.459 e. The number of alkyl halides is 2. The Labute approximate surface area is 171 Å². The molecule has 28 heavy (non-hydrogen) atoms. The third kappa shape index (κ3) is 8.78. The van der Waals surface area contributed by atoms with Crippen LogP contribution in [0.1, 0.15) is 110 Å². The van der Waals surface area contributed by atoms with Crippen molar-refractivity contribution in [1.29, 1.82) is 0 Å². The molecule has 4 heteroatoms. The molecular formula is C24H42F2O2. The smallest absolute Gasteiger partial charge is 0.309 e. The van der Waals surface area contributed by atoms with Crippen LogP contribution in [0.3, 0.4) is 0 Å². The lowest BCUT2D eigenvalue weighted by Crippen LogP contribution is -2.29. The van der Waals surface area contributed by atoms with Gasteiger partial charge in [-0.2, -0.15) is 0 Å². The minimum absolute atomic E-state index is 0.149. The van der Waals surface area contributed by atoms with Gasteiger partial charge in [-0.25, -0.2) is 8.78 Å². The number of carbonyl (C=O) groups is 1. The van der Waals surface area contributed by atoms with Crippen molar-refractivity contribution in [3.63, 3.8) is 0 Å². The predicted molar refractivity (Wildman–Crippen MR) is 110 cm³/mol. The van der Waals surface area contributed by atoms with Crippen molar-refractivity contribution in [2.24, 2.45) is 23.7 Å². The zero-order valence-electron chi connectivity index (χ0n) is 18.0. The highest BCUT2D eigenvalue weighted by atomic mass is 19.3. The molecule has 0 atom stereocenters. The van der Waals surface area contributed by atoms with Gasteiger partial charge in [0.05, 0.1) is 5.92 Å². The maximum atomic E-state index is 12.2. The molecule has 0 heterocycles. The highest BCUT2D eigenvalue weighted by Gasteiger charge is 2.33. The summed E-state index contributed by atoms with van der Waals surface area (Å²) in [6.07, 6.45) is 17.9. The van der Waals surface area contributed by atoms with E-state index in [1.807, 2.05) is 0 Å². The van der Waals surface area contributed by atoms with Crippen LogP contribution in [0.25, 0.3) is 0 Å². The molecule has 2 aliphatic rings. The Kier molecular flexibility index (Phi) is 11.4. The molecule has 2 rings (SSSR count). The molecule has 164 valence electrons. The Morgan fingerprint density at radius 2 is 1.36 bits per heavy atom. The third-order valence-corrected chi connectivity index (χ3v) is 7.23. The van der Waals surface area contributed by atoms with E-state index in [1.54, 1.807) is 0 Å². The van der Waals surface area contributed by atoms with Crippen molar-refractivity contribution in [2.45, 2.75) is 116 Å². The second-order valence-electron chi connectivity index (χ2n) is 9.32. The van der Waals surface area contributed by atoms with E-state index in [4.69, 9.17) is 4.74 Å². The molecule has 0 unspecified atom stereocenters. The molecule has 2 fully saturated rings. The van der Waals surface area contributed by atoms with Crippen molar-refractivity contribution >= 4 is 5.97 Å². The normalized spacial score (nSPS) is 28.4. The summed E-state index contributed by atoms with van der Waals surface area (Å²) in [5.41, 5.74) is 0. The van der Waals surface area contributed by atoms with Gasteiger partial charge in [-0.15, -0.1) is 0 Å². The fourth-order valence-corrected chi connectivity index (χ4v) is 5.43. The minimum atomic E-state index is -2.56. The molecule has 0 N–H and O–H groups in total. The average molecular weight is 401 g/mol. The quantitative estimate of drug-likeness (QED) is 0.250. The molecule has 2 aliphatic carbocycles. The van der Waals surface area contributed by atoms with Crippen molar-refractivity contribution in [3.8, 4) is 0 Å². The lowest BCUT2D eigenvalue weighted by atomic mass is 9.68. The maximum absolute atomic E-state index is 12.2. The van der Waals surface area contributed by atoms with Crippen LogP contribution < -0.4 is 0 Å². The molecule has 0 spiro atoms. The van der Waals surface area contributed by atoms with Crippen molar-refractivity contribution < 1.29 is 18.3 Å². The van der Waals surface area contributed by atoms with Gasteiger partial charge in [-0.05, 0) is 56.3 Å². The van der Waals surface area contributed by atoms with Crippen LogP contribution in [-0.4, -0.2) is 19.0 Å². The molecule has 0 radical (unpaired) electrons. The van der Waals surface area contributed by atoms with E-state index in [0.717, 1.165) is 43.4 Å². The molecule has 2 saturated carbocycles. The summed E-state index contributed by atoms with van der Waals surface area (Å²) in [6.45, 7) is 1.52. The van der Waals surface area contributed by atoms with Gasteiger partial charge in [-0.3, -0.25) is 4.79 Å². The van der Waals surface area contributed by atoms with Crippen LogP contribution in [0.15, 0.2) is 0 Å². The number of hydrogen-bond acceptors (Lipinski definition) is 2. The molecule has 0 saturated heterocycles. The summed E-state index contributed by atoms with van der Waals surface area (Å²) in [4.78, 5) is 11.9. The second-order valence-corrected chi connectivity index (χ2v) is 9.32. The lowest BCUT2D eigenvalue weighted by molar-refractivity contribution is -0.154. The van der Waals surface area contributed by atoms with Crippen molar-refractivity contribution in [3.05, 3.63) is 0 Å². The minimum Gasteiger partial charge on any atom is -0.459 e. The molecule has 0 aliphatic heterocycles. The highest BCUT2D eigenvalue weighted by molar-refractivity contribution is 5.72. The lowest BCUT2D eigenvalue weighted by Gasteiger charge is -2.37. The Morgan fingerprint density at radius 3 is 1.93 bits per heavy atom. The SMILES string of the molecule is CCCCCCCCCC1CCC(C2CCC(C(=O)OCC(F)F)CC2)CC1. The summed E-state index contributed by atoms with van der Waals surface area (Å²) in [5, 5.41) is 0.